The third kappa shape index (κ3) is 1.69. The highest BCUT2D eigenvalue weighted by atomic mass is 32.2. The summed E-state index contributed by atoms with van der Waals surface area (Å²) in [6, 6.07) is 8.22. The second-order valence-corrected chi connectivity index (χ2v) is 7.26. The minimum atomic E-state index is 0.113. The van der Waals surface area contributed by atoms with Gasteiger partial charge in [-0.15, -0.1) is 11.8 Å². The fourth-order valence-electron chi connectivity index (χ4n) is 2.84. The number of hydrogen-bond donors (Lipinski definition) is 0. The molecule has 0 spiro atoms. The van der Waals surface area contributed by atoms with Crippen molar-refractivity contribution in [1.29, 1.82) is 0 Å². The minimum absolute atomic E-state index is 0.113. The Hall–Kier alpha value is -1.20. The van der Waals surface area contributed by atoms with Crippen LogP contribution in [0.25, 0.3) is 5.69 Å². The van der Waals surface area contributed by atoms with Crippen molar-refractivity contribution in [3.63, 3.8) is 0 Å². The van der Waals surface area contributed by atoms with Crippen molar-refractivity contribution in [2.75, 3.05) is 5.75 Å². The summed E-state index contributed by atoms with van der Waals surface area (Å²) in [7, 11) is 0. The van der Waals surface area contributed by atoms with Crippen molar-refractivity contribution in [3.8, 4) is 5.69 Å². The number of aryl methyl sites for hydroxylation is 1. The summed E-state index contributed by atoms with van der Waals surface area (Å²) in [5.41, 5.74) is 3.37. The van der Waals surface area contributed by atoms with Gasteiger partial charge in [-0.1, -0.05) is 36.9 Å². The van der Waals surface area contributed by atoms with Gasteiger partial charge in [-0.3, -0.25) is 9.36 Å². The van der Waals surface area contributed by atoms with Crippen molar-refractivity contribution in [2.45, 2.75) is 35.1 Å². The molecule has 2 aromatic rings. The summed E-state index contributed by atoms with van der Waals surface area (Å²) in [6.07, 6.45) is 1.96. The molecule has 0 radical (unpaired) electrons. The largest absolute Gasteiger partial charge is 0.272 e. The van der Waals surface area contributed by atoms with Crippen molar-refractivity contribution < 1.29 is 0 Å². The van der Waals surface area contributed by atoms with Gasteiger partial charge in [-0.25, -0.2) is 4.98 Å². The molecule has 3 heterocycles. The monoisotopic (exact) mass is 302 g/mol. The standard InChI is InChI=1S/C15H14N2OS2/c1-2-12-9-5-3-4-6-11(9)17-14(18)13-10(7-8-19-13)16-15(17)20-12/h3-6,12H,2,7-8H2,1H3. The van der Waals surface area contributed by atoms with Gasteiger partial charge >= 0.3 is 0 Å². The maximum Gasteiger partial charge on any atom is 0.272 e. The van der Waals surface area contributed by atoms with Crippen LogP contribution in [0.3, 0.4) is 0 Å². The van der Waals surface area contributed by atoms with E-state index in [0.717, 1.165) is 40.0 Å². The highest BCUT2D eigenvalue weighted by Crippen LogP contribution is 2.44. The zero-order valence-corrected chi connectivity index (χ0v) is 12.8. The Morgan fingerprint density at radius 3 is 3.10 bits per heavy atom. The average Bonchev–Trinajstić information content (AvgIpc) is 2.94. The van der Waals surface area contributed by atoms with Crippen LogP contribution in [-0.2, 0) is 6.42 Å². The van der Waals surface area contributed by atoms with E-state index in [4.69, 9.17) is 4.98 Å². The van der Waals surface area contributed by atoms with Gasteiger partial charge in [0, 0.05) is 17.4 Å². The maximum atomic E-state index is 12.8. The fraction of sp³-hybridized carbons (Fsp3) is 0.333. The van der Waals surface area contributed by atoms with E-state index in [2.05, 4.69) is 13.0 Å². The van der Waals surface area contributed by atoms with Crippen LogP contribution in [0.15, 0.2) is 39.1 Å². The summed E-state index contributed by atoms with van der Waals surface area (Å²) in [5.74, 6) is 0.977. The molecule has 4 rings (SSSR count). The van der Waals surface area contributed by atoms with E-state index in [-0.39, 0.29) is 5.56 Å². The second-order valence-electron chi connectivity index (χ2n) is 4.98. The molecule has 20 heavy (non-hydrogen) atoms. The summed E-state index contributed by atoms with van der Waals surface area (Å²) < 4.78 is 1.81. The first kappa shape index (κ1) is 12.5. The summed E-state index contributed by atoms with van der Waals surface area (Å²) in [4.78, 5) is 18.4. The molecule has 0 fully saturated rings. The van der Waals surface area contributed by atoms with Crippen molar-refractivity contribution in [2.24, 2.45) is 0 Å². The Labute approximate surface area is 125 Å². The molecule has 1 aromatic carbocycles. The first-order valence-corrected chi connectivity index (χ1v) is 8.70. The molecular formula is C15H14N2OS2. The third-order valence-electron chi connectivity index (χ3n) is 3.81. The number of thioether (sulfide) groups is 2. The smallest absolute Gasteiger partial charge is 0.268 e. The van der Waals surface area contributed by atoms with E-state index in [1.165, 1.54) is 5.56 Å². The van der Waals surface area contributed by atoms with Crippen molar-refractivity contribution >= 4 is 23.5 Å². The van der Waals surface area contributed by atoms with Gasteiger partial charge in [0.15, 0.2) is 5.16 Å². The summed E-state index contributed by atoms with van der Waals surface area (Å²) in [5, 5.41) is 1.26. The first-order chi connectivity index (χ1) is 9.79. The van der Waals surface area contributed by atoms with E-state index in [1.807, 2.05) is 22.8 Å². The number of para-hydroxylation sites is 1. The quantitative estimate of drug-likeness (QED) is 0.756. The molecule has 0 amide bonds. The topological polar surface area (TPSA) is 34.9 Å². The molecule has 5 heteroatoms. The Kier molecular flexibility index (Phi) is 2.93. The number of rotatable bonds is 1. The van der Waals surface area contributed by atoms with Crippen LogP contribution in [0.4, 0.5) is 0 Å². The van der Waals surface area contributed by atoms with Gasteiger partial charge in [0.05, 0.1) is 16.3 Å². The van der Waals surface area contributed by atoms with E-state index in [0.29, 0.717) is 5.25 Å². The highest BCUT2D eigenvalue weighted by Gasteiger charge is 2.29. The van der Waals surface area contributed by atoms with Crippen LogP contribution in [0.2, 0.25) is 0 Å². The lowest BCUT2D eigenvalue weighted by atomic mass is 10.1. The normalized spacial score (nSPS) is 19.4. The molecule has 2 aliphatic heterocycles. The van der Waals surface area contributed by atoms with Gasteiger partial charge in [0.25, 0.3) is 5.56 Å². The van der Waals surface area contributed by atoms with Crippen LogP contribution in [-0.4, -0.2) is 15.3 Å². The Bertz CT molecular complexity index is 754. The van der Waals surface area contributed by atoms with Crippen molar-refractivity contribution in [1.82, 2.24) is 9.55 Å². The Morgan fingerprint density at radius 1 is 1.40 bits per heavy atom. The number of hydrogen-bond acceptors (Lipinski definition) is 4. The lowest BCUT2D eigenvalue weighted by molar-refractivity contribution is 0.706. The van der Waals surface area contributed by atoms with Crippen LogP contribution >= 0.6 is 23.5 Å². The van der Waals surface area contributed by atoms with Crippen LogP contribution in [0, 0.1) is 0 Å². The second kappa shape index (κ2) is 4.67. The van der Waals surface area contributed by atoms with Crippen LogP contribution < -0.4 is 5.56 Å². The van der Waals surface area contributed by atoms with Gasteiger partial charge in [0.2, 0.25) is 0 Å². The van der Waals surface area contributed by atoms with Gasteiger partial charge in [-0.05, 0) is 18.1 Å². The molecule has 0 N–H and O–H groups in total. The van der Waals surface area contributed by atoms with E-state index in [9.17, 15) is 4.79 Å². The average molecular weight is 302 g/mol. The maximum absolute atomic E-state index is 12.8. The third-order valence-corrected chi connectivity index (χ3v) is 6.27. The zero-order valence-electron chi connectivity index (χ0n) is 11.1. The molecule has 102 valence electrons. The van der Waals surface area contributed by atoms with Gasteiger partial charge in [-0.2, -0.15) is 0 Å². The molecule has 1 atom stereocenters. The first-order valence-electron chi connectivity index (χ1n) is 6.84. The Balaban J connectivity index is 2.04. The molecule has 2 aliphatic rings. The van der Waals surface area contributed by atoms with E-state index < -0.39 is 0 Å². The molecule has 0 saturated heterocycles. The predicted octanol–water partition coefficient (Wildman–Crippen LogP) is 3.44. The molecule has 0 saturated carbocycles. The number of nitrogens with zero attached hydrogens (tertiary/aromatic N) is 2. The molecule has 1 unspecified atom stereocenters. The van der Waals surface area contributed by atoms with Crippen LogP contribution in [0.1, 0.15) is 29.9 Å². The summed E-state index contributed by atoms with van der Waals surface area (Å²) >= 11 is 3.37. The SMILES string of the molecule is CCC1Sc2nc3c(c(=O)n2-c2ccccc21)SCC3. The Morgan fingerprint density at radius 2 is 2.25 bits per heavy atom. The van der Waals surface area contributed by atoms with Crippen LogP contribution in [0.5, 0.6) is 0 Å². The minimum Gasteiger partial charge on any atom is -0.268 e. The predicted molar refractivity (Wildman–Crippen MR) is 83.2 cm³/mol. The number of benzene rings is 1. The molecular weight excluding hydrogens is 288 g/mol. The molecule has 0 bridgehead atoms. The summed E-state index contributed by atoms with van der Waals surface area (Å²) in [6.45, 7) is 2.19. The van der Waals surface area contributed by atoms with E-state index in [1.54, 1.807) is 23.5 Å². The van der Waals surface area contributed by atoms with Crippen molar-refractivity contribution in [3.05, 3.63) is 45.9 Å². The van der Waals surface area contributed by atoms with E-state index >= 15 is 0 Å². The molecule has 0 aliphatic carbocycles. The molecule has 3 nitrogen and oxygen atoms in total. The fourth-order valence-corrected chi connectivity index (χ4v) is 5.07. The lowest BCUT2D eigenvalue weighted by Gasteiger charge is -2.27. The highest BCUT2D eigenvalue weighted by molar-refractivity contribution is 8.00. The number of fused-ring (bicyclic) bond motifs is 4. The van der Waals surface area contributed by atoms with Gasteiger partial charge < -0.3 is 0 Å². The zero-order chi connectivity index (χ0) is 13.7. The number of aromatic nitrogens is 2. The van der Waals surface area contributed by atoms with Gasteiger partial charge in [0.1, 0.15) is 0 Å². The lowest BCUT2D eigenvalue weighted by Crippen LogP contribution is -2.27. The molecule has 1 aromatic heterocycles.